The van der Waals surface area contributed by atoms with Gasteiger partial charge in [0.1, 0.15) is 5.56 Å². The Morgan fingerprint density at radius 3 is 2.16 bits per heavy atom. The zero-order chi connectivity index (χ0) is 17.6. The third kappa shape index (κ3) is 4.04. The highest BCUT2D eigenvalue weighted by Gasteiger charge is 2.11. The summed E-state index contributed by atoms with van der Waals surface area (Å²) in [5, 5.41) is 0. The lowest BCUT2D eigenvalue weighted by Crippen LogP contribution is -2.20. The fraction of sp³-hybridized carbons (Fsp3) is 0.143. The number of carbonyl (C=O) groups excluding carboxylic acids is 1. The molecule has 3 aromatic rings. The summed E-state index contributed by atoms with van der Waals surface area (Å²) in [4.78, 5) is 26.3. The summed E-state index contributed by atoms with van der Waals surface area (Å²) in [6.07, 6.45) is 1.43. The molecule has 0 aliphatic carbocycles. The molecule has 0 spiro atoms. The standard InChI is InChI=1S/C21H19NO3/c1-25-21(24)19-12-11-18(22-20(19)23)14-17-10-6-5-9-16(17)13-15-7-3-2-4-8-15/h2-12H,13-14H2,1H3,(H,22,23). The molecule has 0 fully saturated rings. The molecule has 1 heterocycles. The summed E-state index contributed by atoms with van der Waals surface area (Å²) < 4.78 is 4.60. The van der Waals surface area contributed by atoms with Gasteiger partial charge in [-0.2, -0.15) is 0 Å². The van der Waals surface area contributed by atoms with Crippen molar-refractivity contribution in [3.8, 4) is 0 Å². The molecule has 2 aromatic carbocycles. The SMILES string of the molecule is COC(=O)c1ccc(Cc2ccccc2Cc2ccccc2)[nH]c1=O. The monoisotopic (exact) mass is 333 g/mol. The molecule has 0 atom stereocenters. The van der Waals surface area contributed by atoms with Crippen LogP contribution in [0.5, 0.6) is 0 Å². The van der Waals surface area contributed by atoms with Crippen LogP contribution in [0.15, 0.2) is 71.5 Å². The number of nitrogens with one attached hydrogen (secondary N) is 1. The minimum Gasteiger partial charge on any atom is -0.465 e. The van der Waals surface area contributed by atoms with Gasteiger partial charge >= 0.3 is 5.97 Å². The largest absolute Gasteiger partial charge is 0.465 e. The maximum atomic E-state index is 12.1. The maximum absolute atomic E-state index is 12.1. The van der Waals surface area contributed by atoms with Crippen molar-refractivity contribution in [2.24, 2.45) is 0 Å². The molecule has 4 heteroatoms. The lowest BCUT2D eigenvalue weighted by molar-refractivity contribution is 0.0598. The van der Waals surface area contributed by atoms with E-state index >= 15 is 0 Å². The average molecular weight is 333 g/mol. The number of hydrogen-bond donors (Lipinski definition) is 1. The Bertz CT molecular complexity index is 929. The molecule has 4 nitrogen and oxygen atoms in total. The van der Waals surface area contributed by atoms with Gasteiger partial charge in [0.15, 0.2) is 0 Å². The second-order valence-electron chi connectivity index (χ2n) is 5.83. The zero-order valence-electron chi connectivity index (χ0n) is 14.0. The maximum Gasteiger partial charge on any atom is 0.343 e. The highest BCUT2D eigenvalue weighted by Crippen LogP contribution is 2.17. The first-order chi connectivity index (χ1) is 12.2. The fourth-order valence-corrected chi connectivity index (χ4v) is 2.81. The van der Waals surface area contributed by atoms with E-state index in [9.17, 15) is 9.59 Å². The number of esters is 1. The van der Waals surface area contributed by atoms with E-state index in [4.69, 9.17) is 0 Å². The molecule has 0 radical (unpaired) electrons. The van der Waals surface area contributed by atoms with Gasteiger partial charge in [0, 0.05) is 12.1 Å². The van der Waals surface area contributed by atoms with Gasteiger partial charge in [-0.3, -0.25) is 4.79 Å². The number of carbonyl (C=O) groups is 1. The first-order valence-corrected chi connectivity index (χ1v) is 8.08. The highest BCUT2D eigenvalue weighted by molar-refractivity contribution is 5.88. The van der Waals surface area contributed by atoms with Gasteiger partial charge in [-0.1, -0.05) is 54.6 Å². The molecular formula is C21H19NO3. The first kappa shape index (κ1) is 16.7. The Morgan fingerprint density at radius 1 is 0.880 bits per heavy atom. The summed E-state index contributed by atoms with van der Waals surface area (Å²) in [5.74, 6) is -0.628. The second kappa shape index (κ2) is 7.62. The van der Waals surface area contributed by atoms with E-state index in [1.54, 1.807) is 6.07 Å². The van der Waals surface area contributed by atoms with Gasteiger partial charge in [-0.15, -0.1) is 0 Å². The minimum absolute atomic E-state index is 0.0174. The number of hydrogen-bond acceptors (Lipinski definition) is 3. The fourth-order valence-electron chi connectivity index (χ4n) is 2.81. The van der Waals surface area contributed by atoms with Crippen LogP contribution < -0.4 is 5.56 Å². The van der Waals surface area contributed by atoms with Crippen molar-refractivity contribution in [1.82, 2.24) is 4.98 Å². The summed E-state index contributed by atoms with van der Waals surface area (Å²) >= 11 is 0. The van der Waals surface area contributed by atoms with Gasteiger partial charge in [-0.25, -0.2) is 4.79 Å². The Hall–Kier alpha value is -3.14. The van der Waals surface area contributed by atoms with Gasteiger partial charge in [0.25, 0.3) is 5.56 Å². The van der Waals surface area contributed by atoms with E-state index in [0.717, 1.165) is 17.7 Å². The van der Waals surface area contributed by atoms with Crippen molar-refractivity contribution in [2.75, 3.05) is 7.11 Å². The van der Waals surface area contributed by atoms with E-state index in [0.29, 0.717) is 6.42 Å². The van der Waals surface area contributed by atoms with Crippen LogP contribution in [0.1, 0.15) is 32.7 Å². The van der Waals surface area contributed by atoms with E-state index < -0.39 is 11.5 Å². The molecule has 0 saturated heterocycles. The molecule has 0 aliphatic rings. The summed E-state index contributed by atoms with van der Waals surface area (Å²) in [7, 11) is 1.26. The molecule has 0 saturated carbocycles. The van der Waals surface area contributed by atoms with E-state index in [2.05, 4.69) is 34.0 Å². The molecule has 3 rings (SSSR count). The predicted molar refractivity (Wildman–Crippen MR) is 96.9 cm³/mol. The molecule has 25 heavy (non-hydrogen) atoms. The Morgan fingerprint density at radius 2 is 1.52 bits per heavy atom. The van der Waals surface area contributed by atoms with E-state index in [1.165, 1.54) is 24.3 Å². The molecule has 0 unspecified atom stereocenters. The number of benzene rings is 2. The number of ether oxygens (including phenoxy) is 1. The van der Waals surface area contributed by atoms with Crippen molar-refractivity contribution < 1.29 is 9.53 Å². The quantitative estimate of drug-likeness (QED) is 0.729. The third-order valence-electron chi connectivity index (χ3n) is 4.11. The number of aromatic amines is 1. The third-order valence-corrected chi connectivity index (χ3v) is 4.11. The van der Waals surface area contributed by atoms with Crippen molar-refractivity contribution in [3.63, 3.8) is 0 Å². The van der Waals surface area contributed by atoms with Gasteiger partial charge in [0.2, 0.25) is 0 Å². The van der Waals surface area contributed by atoms with Crippen LogP contribution in [0.3, 0.4) is 0 Å². The van der Waals surface area contributed by atoms with Crippen molar-refractivity contribution in [1.29, 1.82) is 0 Å². The lowest BCUT2D eigenvalue weighted by Gasteiger charge is -2.10. The normalized spacial score (nSPS) is 10.4. The van der Waals surface area contributed by atoms with Crippen LogP contribution in [0.25, 0.3) is 0 Å². The highest BCUT2D eigenvalue weighted by atomic mass is 16.5. The molecule has 1 aromatic heterocycles. The van der Waals surface area contributed by atoms with Crippen molar-refractivity contribution in [2.45, 2.75) is 12.8 Å². The first-order valence-electron chi connectivity index (χ1n) is 8.08. The minimum atomic E-state index is -0.628. The average Bonchev–Trinajstić information content (AvgIpc) is 2.64. The van der Waals surface area contributed by atoms with Crippen LogP contribution in [0, 0.1) is 0 Å². The zero-order valence-corrected chi connectivity index (χ0v) is 14.0. The smallest absolute Gasteiger partial charge is 0.343 e. The summed E-state index contributed by atoms with van der Waals surface area (Å²) in [6, 6.07) is 21.7. The van der Waals surface area contributed by atoms with Crippen LogP contribution in [0.4, 0.5) is 0 Å². The van der Waals surface area contributed by atoms with Gasteiger partial charge in [0.05, 0.1) is 7.11 Å². The number of methoxy groups -OCH3 is 1. The van der Waals surface area contributed by atoms with E-state index in [1.807, 2.05) is 30.3 Å². The molecule has 0 aliphatic heterocycles. The lowest BCUT2D eigenvalue weighted by atomic mass is 9.97. The molecule has 0 amide bonds. The summed E-state index contributed by atoms with van der Waals surface area (Å²) in [5.41, 5.74) is 3.95. The van der Waals surface area contributed by atoms with Crippen LogP contribution in [-0.2, 0) is 17.6 Å². The second-order valence-corrected chi connectivity index (χ2v) is 5.83. The Balaban J connectivity index is 1.85. The van der Waals surface area contributed by atoms with Crippen LogP contribution in [-0.4, -0.2) is 18.1 Å². The molecule has 0 bridgehead atoms. The van der Waals surface area contributed by atoms with Crippen LogP contribution in [0.2, 0.25) is 0 Å². The van der Waals surface area contributed by atoms with Crippen molar-refractivity contribution in [3.05, 3.63) is 105 Å². The Labute approximate surface area is 146 Å². The van der Waals surface area contributed by atoms with E-state index in [-0.39, 0.29) is 5.56 Å². The predicted octanol–water partition coefficient (Wildman–Crippen LogP) is 3.34. The number of aromatic nitrogens is 1. The molecule has 126 valence electrons. The topological polar surface area (TPSA) is 59.2 Å². The number of rotatable bonds is 5. The number of H-pyrrole nitrogens is 1. The number of pyridine rings is 1. The Kier molecular flexibility index (Phi) is 5.09. The summed E-state index contributed by atoms with van der Waals surface area (Å²) in [6.45, 7) is 0. The van der Waals surface area contributed by atoms with Gasteiger partial charge in [-0.05, 0) is 35.2 Å². The van der Waals surface area contributed by atoms with Crippen LogP contribution >= 0.6 is 0 Å². The molecular weight excluding hydrogens is 314 g/mol. The van der Waals surface area contributed by atoms with Gasteiger partial charge < -0.3 is 9.72 Å². The molecule has 1 N–H and O–H groups in total. The van der Waals surface area contributed by atoms with Crippen molar-refractivity contribution >= 4 is 5.97 Å².